The fourth-order valence-electron chi connectivity index (χ4n) is 1.96. The predicted octanol–water partition coefficient (Wildman–Crippen LogP) is 3.66. The van der Waals surface area contributed by atoms with Crippen molar-refractivity contribution in [2.24, 2.45) is 4.99 Å². The summed E-state index contributed by atoms with van der Waals surface area (Å²) in [5, 5.41) is 0. The molecule has 0 spiro atoms. The van der Waals surface area contributed by atoms with E-state index in [4.69, 9.17) is 9.47 Å². The molecule has 0 aromatic heterocycles. The average Bonchev–Trinajstić information content (AvgIpc) is 2.51. The molecule has 0 amide bonds. The van der Waals surface area contributed by atoms with Crippen LogP contribution >= 0.6 is 0 Å². The van der Waals surface area contributed by atoms with Crippen molar-refractivity contribution in [1.29, 1.82) is 0 Å². The molecule has 22 heavy (non-hydrogen) atoms. The number of benzene rings is 2. The highest BCUT2D eigenvalue weighted by atomic mass is 16.6. The van der Waals surface area contributed by atoms with E-state index in [9.17, 15) is 4.79 Å². The number of rotatable bonds is 5. The molecule has 4 heteroatoms. The quantitative estimate of drug-likeness (QED) is 0.481. The number of ether oxygens (including phenoxy) is 2. The minimum atomic E-state index is -0.405. The van der Waals surface area contributed by atoms with Crippen LogP contribution in [0, 0.1) is 6.92 Å². The number of esters is 1. The normalized spacial score (nSPS) is 10.7. The van der Waals surface area contributed by atoms with Crippen LogP contribution in [0.3, 0.4) is 0 Å². The second-order valence-electron chi connectivity index (χ2n) is 4.78. The van der Waals surface area contributed by atoms with Gasteiger partial charge in [-0.3, -0.25) is 4.99 Å². The second-order valence-corrected chi connectivity index (χ2v) is 4.78. The van der Waals surface area contributed by atoms with Crippen LogP contribution in [0.15, 0.2) is 47.5 Å². The van der Waals surface area contributed by atoms with Crippen LogP contribution in [-0.2, 0) is 0 Å². The fourth-order valence-corrected chi connectivity index (χ4v) is 1.96. The summed E-state index contributed by atoms with van der Waals surface area (Å²) in [6.07, 6.45) is 1.72. The molecule has 2 aromatic rings. The highest BCUT2D eigenvalue weighted by molar-refractivity contribution is 5.91. The molecule has 0 atom stereocenters. The molecule has 0 radical (unpaired) electrons. The van der Waals surface area contributed by atoms with Crippen molar-refractivity contribution in [2.45, 2.75) is 13.8 Å². The monoisotopic (exact) mass is 297 g/mol. The molecule has 2 rings (SSSR count). The molecule has 0 heterocycles. The minimum Gasteiger partial charge on any atom is -0.490 e. The Morgan fingerprint density at radius 1 is 1.14 bits per heavy atom. The third-order valence-corrected chi connectivity index (χ3v) is 3.04. The SMILES string of the molecule is CCOc1cc(C=NC)ccc1OC(=O)c1ccc(C)cc1. The number of aliphatic imine (C=N–C) groups is 1. The number of hydrogen-bond donors (Lipinski definition) is 0. The zero-order valence-corrected chi connectivity index (χ0v) is 13.0. The molecule has 0 unspecified atom stereocenters. The number of carbonyl (C=O) groups is 1. The van der Waals surface area contributed by atoms with Gasteiger partial charge < -0.3 is 9.47 Å². The summed E-state index contributed by atoms with van der Waals surface area (Å²) in [7, 11) is 1.70. The summed E-state index contributed by atoms with van der Waals surface area (Å²) in [4.78, 5) is 16.2. The Labute approximate surface area is 130 Å². The first kappa shape index (κ1) is 15.8. The number of carbonyl (C=O) groups excluding carboxylic acids is 1. The molecular weight excluding hydrogens is 278 g/mol. The molecule has 114 valence electrons. The molecular formula is C18H19NO3. The van der Waals surface area contributed by atoms with E-state index in [-0.39, 0.29) is 0 Å². The van der Waals surface area contributed by atoms with Gasteiger partial charge in [0.15, 0.2) is 11.5 Å². The number of nitrogens with zero attached hydrogens (tertiary/aromatic N) is 1. The molecule has 0 aliphatic heterocycles. The second kappa shape index (κ2) is 7.41. The third kappa shape index (κ3) is 3.95. The largest absolute Gasteiger partial charge is 0.490 e. The van der Waals surface area contributed by atoms with Crippen LogP contribution in [-0.4, -0.2) is 25.8 Å². The van der Waals surface area contributed by atoms with Crippen molar-refractivity contribution >= 4 is 12.2 Å². The molecule has 0 N–H and O–H groups in total. The standard InChI is InChI=1S/C18H19NO3/c1-4-21-17-11-14(12-19-3)7-10-16(17)22-18(20)15-8-5-13(2)6-9-15/h5-12H,4H2,1-3H3. The van der Waals surface area contributed by atoms with E-state index in [0.717, 1.165) is 11.1 Å². The summed E-state index contributed by atoms with van der Waals surface area (Å²) >= 11 is 0. The zero-order chi connectivity index (χ0) is 15.9. The number of aryl methyl sites for hydroxylation is 1. The molecule has 4 nitrogen and oxygen atoms in total. The van der Waals surface area contributed by atoms with E-state index in [2.05, 4.69) is 4.99 Å². The fraction of sp³-hybridized carbons (Fsp3) is 0.222. The molecule has 2 aromatic carbocycles. The number of hydrogen-bond acceptors (Lipinski definition) is 4. The Balaban J connectivity index is 2.24. The highest BCUT2D eigenvalue weighted by Gasteiger charge is 2.13. The van der Waals surface area contributed by atoms with E-state index in [1.165, 1.54) is 0 Å². The smallest absolute Gasteiger partial charge is 0.343 e. The van der Waals surface area contributed by atoms with Crippen LogP contribution in [0.2, 0.25) is 0 Å². The van der Waals surface area contributed by atoms with E-state index in [1.54, 1.807) is 37.5 Å². The molecule has 0 aliphatic rings. The average molecular weight is 297 g/mol. The van der Waals surface area contributed by atoms with Crippen molar-refractivity contribution in [3.8, 4) is 11.5 Å². The maximum atomic E-state index is 12.2. The van der Waals surface area contributed by atoms with Crippen molar-refractivity contribution in [2.75, 3.05) is 13.7 Å². The molecule has 0 bridgehead atoms. The lowest BCUT2D eigenvalue weighted by Crippen LogP contribution is -2.09. The van der Waals surface area contributed by atoms with Gasteiger partial charge >= 0.3 is 5.97 Å². The van der Waals surface area contributed by atoms with E-state index >= 15 is 0 Å². The van der Waals surface area contributed by atoms with Gasteiger partial charge in [-0.1, -0.05) is 17.7 Å². The van der Waals surface area contributed by atoms with Crippen molar-refractivity contribution in [1.82, 2.24) is 0 Å². The van der Waals surface area contributed by atoms with Crippen LogP contribution in [0.25, 0.3) is 0 Å². The first-order valence-electron chi connectivity index (χ1n) is 7.12. The summed E-state index contributed by atoms with van der Waals surface area (Å²) in [5.41, 5.74) is 2.49. The van der Waals surface area contributed by atoms with Crippen LogP contribution < -0.4 is 9.47 Å². The van der Waals surface area contributed by atoms with Gasteiger partial charge in [-0.15, -0.1) is 0 Å². The van der Waals surface area contributed by atoms with Gasteiger partial charge in [-0.2, -0.15) is 0 Å². The summed E-state index contributed by atoms with van der Waals surface area (Å²) in [6.45, 7) is 4.34. The minimum absolute atomic E-state index is 0.403. The van der Waals surface area contributed by atoms with Gasteiger partial charge in [-0.05, 0) is 49.7 Å². The Kier molecular flexibility index (Phi) is 5.31. The van der Waals surface area contributed by atoms with Gasteiger partial charge in [0, 0.05) is 13.3 Å². The van der Waals surface area contributed by atoms with Gasteiger partial charge in [-0.25, -0.2) is 4.79 Å². The molecule has 0 fully saturated rings. The van der Waals surface area contributed by atoms with Gasteiger partial charge in [0.1, 0.15) is 0 Å². The lowest BCUT2D eigenvalue weighted by atomic mass is 10.1. The first-order valence-corrected chi connectivity index (χ1v) is 7.12. The van der Waals surface area contributed by atoms with Crippen LogP contribution in [0.4, 0.5) is 0 Å². The highest BCUT2D eigenvalue weighted by Crippen LogP contribution is 2.29. The summed E-state index contributed by atoms with van der Waals surface area (Å²) in [6, 6.07) is 12.6. The van der Waals surface area contributed by atoms with Gasteiger partial charge in [0.2, 0.25) is 0 Å². The first-order chi connectivity index (χ1) is 10.6. The van der Waals surface area contributed by atoms with Gasteiger partial charge in [0.25, 0.3) is 0 Å². The summed E-state index contributed by atoms with van der Waals surface area (Å²) < 4.78 is 11.0. The maximum absolute atomic E-state index is 12.2. The van der Waals surface area contributed by atoms with Crippen LogP contribution in [0.5, 0.6) is 11.5 Å². The van der Waals surface area contributed by atoms with Crippen molar-refractivity contribution in [3.63, 3.8) is 0 Å². The zero-order valence-electron chi connectivity index (χ0n) is 13.0. The van der Waals surface area contributed by atoms with Crippen molar-refractivity contribution in [3.05, 3.63) is 59.2 Å². The van der Waals surface area contributed by atoms with E-state index < -0.39 is 5.97 Å². The molecule has 0 aliphatic carbocycles. The maximum Gasteiger partial charge on any atom is 0.343 e. The Bertz CT molecular complexity index is 675. The lowest BCUT2D eigenvalue weighted by Gasteiger charge is -2.11. The Morgan fingerprint density at radius 2 is 1.86 bits per heavy atom. The van der Waals surface area contributed by atoms with Gasteiger partial charge in [0.05, 0.1) is 12.2 Å². The lowest BCUT2D eigenvalue weighted by molar-refractivity contribution is 0.0728. The predicted molar refractivity (Wildman–Crippen MR) is 87.3 cm³/mol. The third-order valence-electron chi connectivity index (χ3n) is 3.04. The molecule has 0 saturated carbocycles. The summed E-state index contributed by atoms with van der Waals surface area (Å²) in [5.74, 6) is 0.527. The Hall–Kier alpha value is -2.62. The topological polar surface area (TPSA) is 47.9 Å². The Morgan fingerprint density at radius 3 is 2.50 bits per heavy atom. The van der Waals surface area contributed by atoms with E-state index in [1.807, 2.05) is 32.0 Å². The van der Waals surface area contributed by atoms with Crippen molar-refractivity contribution < 1.29 is 14.3 Å². The molecule has 0 saturated heterocycles. The van der Waals surface area contributed by atoms with E-state index in [0.29, 0.717) is 23.7 Å². The van der Waals surface area contributed by atoms with Crippen LogP contribution in [0.1, 0.15) is 28.4 Å².